The highest BCUT2D eigenvalue weighted by atomic mass is 127. The Hall–Kier alpha value is -0.580. The van der Waals surface area contributed by atoms with Crippen molar-refractivity contribution in [1.29, 1.82) is 0 Å². The summed E-state index contributed by atoms with van der Waals surface area (Å²) < 4.78 is 6.72. The van der Waals surface area contributed by atoms with E-state index >= 15 is 0 Å². The van der Waals surface area contributed by atoms with Gasteiger partial charge in [0.05, 0.1) is 5.56 Å². The Morgan fingerprint density at radius 1 is 0.923 bits per heavy atom. The van der Waals surface area contributed by atoms with Gasteiger partial charge in [0.15, 0.2) is 0 Å². The topological polar surface area (TPSA) is 26.3 Å². The van der Waals surface area contributed by atoms with Crippen LogP contribution in [0.4, 0.5) is 0 Å². The van der Waals surface area contributed by atoms with Gasteiger partial charge < -0.3 is 4.74 Å². The zero-order valence-electron chi connectivity index (χ0n) is 17.4. The molecule has 0 unspecified atom stereocenters. The SMILES string of the molecule is CCCCCCc1cc(I)c(C(=O)OC(C)(C)C)c(CCCCCC)c1. The molecule has 0 aliphatic carbocycles. The summed E-state index contributed by atoms with van der Waals surface area (Å²) in [6.07, 6.45) is 12.0. The summed E-state index contributed by atoms with van der Waals surface area (Å²) in [5, 5.41) is 0. The number of carbonyl (C=O) groups is 1. The molecule has 0 atom stereocenters. The van der Waals surface area contributed by atoms with Gasteiger partial charge in [-0.3, -0.25) is 0 Å². The van der Waals surface area contributed by atoms with E-state index < -0.39 is 5.60 Å². The van der Waals surface area contributed by atoms with Crippen LogP contribution in [0.5, 0.6) is 0 Å². The van der Waals surface area contributed by atoms with Gasteiger partial charge in [0, 0.05) is 3.57 Å². The van der Waals surface area contributed by atoms with E-state index in [9.17, 15) is 4.79 Å². The second kappa shape index (κ2) is 12.0. The van der Waals surface area contributed by atoms with E-state index in [1.54, 1.807) is 0 Å². The summed E-state index contributed by atoms with van der Waals surface area (Å²) in [5.74, 6) is -0.176. The fourth-order valence-corrected chi connectivity index (χ4v) is 4.09. The second-order valence-electron chi connectivity index (χ2n) is 8.23. The molecule has 0 aromatic heterocycles. The Bertz CT molecular complexity index is 558. The molecule has 26 heavy (non-hydrogen) atoms. The van der Waals surface area contributed by atoms with E-state index in [-0.39, 0.29) is 5.97 Å². The van der Waals surface area contributed by atoms with Crippen LogP contribution in [0, 0.1) is 3.57 Å². The van der Waals surface area contributed by atoms with Gasteiger partial charge in [-0.2, -0.15) is 0 Å². The highest BCUT2D eigenvalue weighted by Gasteiger charge is 2.23. The number of unbranched alkanes of at least 4 members (excludes halogenated alkanes) is 6. The van der Waals surface area contributed by atoms with Gasteiger partial charge in [-0.25, -0.2) is 4.79 Å². The van der Waals surface area contributed by atoms with Gasteiger partial charge in [-0.05, 0) is 86.2 Å². The van der Waals surface area contributed by atoms with Crippen LogP contribution in [0.25, 0.3) is 0 Å². The molecule has 0 spiro atoms. The van der Waals surface area contributed by atoms with Gasteiger partial charge in [-0.15, -0.1) is 0 Å². The van der Waals surface area contributed by atoms with Crippen LogP contribution in [0.15, 0.2) is 12.1 Å². The lowest BCUT2D eigenvalue weighted by atomic mass is 9.96. The highest BCUT2D eigenvalue weighted by molar-refractivity contribution is 14.1. The lowest BCUT2D eigenvalue weighted by molar-refractivity contribution is 0.00670. The molecule has 0 saturated heterocycles. The molecule has 0 bridgehead atoms. The van der Waals surface area contributed by atoms with Crippen molar-refractivity contribution in [3.63, 3.8) is 0 Å². The van der Waals surface area contributed by atoms with Crippen molar-refractivity contribution >= 4 is 28.6 Å². The molecule has 148 valence electrons. The minimum absolute atomic E-state index is 0.176. The smallest absolute Gasteiger partial charge is 0.340 e. The molecule has 0 aliphatic rings. The summed E-state index contributed by atoms with van der Waals surface area (Å²) in [6, 6.07) is 4.45. The first-order valence-corrected chi connectivity index (χ1v) is 11.4. The third-order valence-corrected chi connectivity index (χ3v) is 5.30. The molecule has 0 saturated carbocycles. The summed E-state index contributed by atoms with van der Waals surface area (Å²) >= 11 is 2.31. The van der Waals surface area contributed by atoms with Crippen LogP contribution in [-0.4, -0.2) is 11.6 Å². The number of aryl methyl sites for hydroxylation is 2. The van der Waals surface area contributed by atoms with Crippen molar-refractivity contribution in [1.82, 2.24) is 0 Å². The molecule has 2 nitrogen and oxygen atoms in total. The van der Waals surface area contributed by atoms with Crippen LogP contribution >= 0.6 is 22.6 Å². The maximum absolute atomic E-state index is 12.8. The molecule has 1 aromatic carbocycles. The van der Waals surface area contributed by atoms with Crippen molar-refractivity contribution in [2.45, 2.75) is 104 Å². The molecule has 0 N–H and O–H groups in total. The predicted molar refractivity (Wildman–Crippen MR) is 120 cm³/mol. The molecular weight excluding hydrogens is 435 g/mol. The van der Waals surface area contributed by atoms with Crippen LogP contribution in [-0.2, 0) is 17.6 Å². The van der Waals surface area contributed by atoms with Crippen LogP contribution in [0.3, 0.4) is 0 Å². The second-order valence-corrected chi connectivity index (χ2v) is 9.40. The number of esters is 1. The maximum Gasteiger partial charge on any atom is 0.340 e. The molecular formula is C23H37IO2. The lowest BCUT2D eigenvalue weighted by Crippen LogP contribution is -2.25. The minimum Gasteiger partial charge on any atom is -0.456 e. The first-order valence-electron chi connectivity index (χ1n) is 10.3. The molecule has 1 rings (SSSR count). The van der Waals surface area contributed by atoms with E-state index in [1.807, 2.05) is 20.8 Å². The number of rotatable bonds is 11. The van der Waals surface area contributed by atoms with E-state index in [1.165, 1.54) is 56.1 Å². The third kappa shape index (κ3) is 8.88. The van der Waals surface area contributed by atoms with Gasteiger partial charge >= 0.3 is 5.97 Å². The Morgan fingerprint density at radius 2 is 1.50 bits per heavy atom. The van der Waals surface area contributed by atoms with Crippen LogP contribution in [0.2, 0.25) is 0 Å². The Balaban J connectivity index is 2.98. The van der Waals surface area contributed by atoms with Crippen molar-refractivity contribution < 1.29 is 9.53 Å². The number of hydrogen-bond donors (Lipinski definition) is 0. The van der Waals surface area contributed by atoms with Crippen molar-refractivity contribution in [2.24, 2.45) is 0 Å². The zero-order valence-corrected chi connectivity index (χ0v) is 19.6. The number of ether oxygens (including phenoxy) is 1. The summed E-state index contributed by atoms with van der Waals surface area (Å²) in [7, 11) is 0. The van der Waals surface area contributed by atoms with Gasteiger partial charge in [0.1, 0.15) is 5.60 Å². The Labute approximate surface area is 174 Å². The largest absolute Gasteiger partial charge is 0.456 e. The van der Waals surface area contributed by atoms with E-state index in [0.29, 0.717) is 0 Å². The standard InChI is InChI=1S/C23H37IO2/c1-6-8-10-12-14-18-16-19(15-13-11-9-7-2)21(20(24)17-18)22(25)26-23(3,4)5/h16-17H,6-15H2,1-5H3. The van der Waals surface area contributed by atoms with E-state index in [0.717, 1.165) is 28.4 Å². The fraction of sp³-hybridized carbons (Fsp3) is 0.696. The Kier molecular flexibility index (Phi) is 10.8. The maximum atomic E-state index is 12.8. The quantitative estimate of drug-likeness (QED) is 0.189. The average molecular weight is 472 g/mol. The van der Waals surface area contributed by atoms with Crippen LogP contribution < -0.4 is 0 Å². The van der Waals surface area contributed by atoms with Crippen molar-refractivity contribution in [2.75, 3.05) is 0 Å². The third-order valence-electron chi connectivity index (χ3n) is 4.45. The molecule has 0 radical (unpaired) electrons. The minimum atomic E-state index is -0.460. The van der Waals surface area contributed by atoms with Crippen molar-refractivity contribution in [3.8, 4) is 0 Å². The zero-order chi connectivity index (χ0) is 19.6. The van der Waals surface area contributed by atoms with Gasteiger partial charge in [-0.1, -0.05) is 58.4 Å². The van der Waals surface area contributed by atoms with Crippen LogP contribution in [0.1, 0.15) is 107 Å². The lowest BCUT2D eigenvalue weighted by Gasteiger charge is -2.22. The number of benzene rings is 1. The summed E-state index contributed by atoms with van der Waals surface area (Å²) in [6.45, 7) is 10.3. The number of halogens is 1. The molecule has 0 fully saturated rings. The number of carbonyl (C=O) groups excluding carboxylic acids is 1. The summed E-state index contributed by atoms with van der Waals surface area (Å²) in [4.78, 5) is 12.8. The van der Waals surface area contributed by atoms with E-state index in [2.05, 4.69) is 48.6 Å². The average Bonchev–Trinajstić information content (AvgIpc) is 2.53. The normalized spacial score (nSPS) is 11.6. The monoisotopic (exact) mass is 472 g/mol. The Morgan fingerprint density at radius 3 is 2.04 bits per heavy atom. The number of hydrogen-bond acceptors (Lipinski definition) is 2. The molecule has 0 amide bonds. The highest BCUT2D eigenvalue weighted by Crippen LogP contribution is 2.26. The first kappa shape index (κ1) is 23.5. The van der Waals surface area contributed by atoms with Gasteiger partial charge in [0.2, 0.25) is 0 Å². The van der Waals surface area contributed by atoms with E-state index in [4.69, 9.17) is 4.74 Å². The summed E-state index contributed by atoms with van der Waals surface area (Å²) in [5.41, 5.74) is 2.86. The van der Waals surface area contributed by atoms with Gasteiger partial charge in [0.25, 0.3) is 0 Å². The predicted octanol–water partition coefficient (Wildman–Crippen LogP) is 7.49. The van der Waals surface area contributed by atoms with Crippen molar-refractivity contribution in [3.05, 3.63) is 32.4 Å². The molecule has 0 heterocycles. The fourth-order valence-electron chi connectivity index (χ4n) is 3.12. The first-order chi connectivity index (χ1) is 12.3. The molecule has 1 aromatic rings. The molecule has 3 heteroatoms. The molecule has 0 aliphatic heterocycles.